The van der Waals surface area contributed by atoms with Crippen molar-refractivity contribution >= 4 is 11.7 Å². The standard InChI is InChI=1S/C22H30N6O2/c1-14(2)17-8-7-9-18(15(3)4)21(17)23-11-13-30-22(29)20-16(5)28(26-24-20)19-10-12-27(6)25-19/h7-10,12,14-15,23H,11,13H2,1-6H3. The summed E-state index contributed by atoms with van der Waals surface area (Å²) in [5, 5.41) is 15.8. The summed E-state index contributed by atoms with van der Waals surface area (Å²) in [6.45, 7) is 11.2. The van der Waals surface area contributed by atoms with E-state index in [2.05, 4.69) is 66.6 Å². The van der Waals surface area contributed by atoms with Gasteiger partial charge in [0.05, 0.1) is 5.69 Å². The summed E-state index contributed by atoms with van der Waals surface area (Å²) in [6, 6.07) is 8.19. The number of rotatable bonds is 8. The zero-order chi connectivity index (χ0) is 21.8. The second-order valence-electron chi connectivity index (χ2n) is 7.97. The Labute approximate surface area is 177 Å². The molecule has 3 aromatic rings. The van der Waals surface area contributed by atoms with Crippen molar-refractivity contribution in [1.29, 1.82) is 0 Å². The van der Waals surface area contributed by atoms with Crippen LogP contribution in [0.1, 0.15) is 66.8 Å². The van der Waals surface area contributed by atoms with Crippen molar-refractivity contribution in [1.82, 2.24) is 24.8 Å². The Balaban J connectivity index is 1.63. The minimum atomic E-state index is -0.488. The molecule has 1 aromatic carbocycles. The molecule has 0 spiro atoms. The number of nitrogens with one attached hydrogen (secondary N) is 1. The average molecular weight is 411 g/mol. The molecule has 0 fully saturated rings. The topological polar surface area (TPSA) is 86.9 Å². The molecular weight excluding hydrogens is 380 g/mol. The molecule has 0 saturated carbocycles. The first-order chi connectivity index (χ1) is 14.3. The van der Waals surface area contributed by atoms with Crippen molar-refractivity contribution in [3.63, 3.8) is 0 Å². The van der Waals surface area contributed by atoms with Crippen LogP contribution in [0.2, 0.25) is 0 Å². The maximum absolute atomic E-state index is 12.5. The summed E-state index contributed by atoms with van der Waals surface area (Å²) in [6.07, 6.45) is 1.81. The minimum Gasteiger partial charge on any atom is -0.459 e. The number of nitrogens with zero attached hydrogens (tertiary/aromatic N) is 5. The summed E-state index contributed by atoms with van der Waals surface area (Å²) in [4.78, 5) is 12.5. The van der Waals surface area contributed by atoms with Gasteiger partial charge < -0.3 is 10.1 Å². The molecule has 1 N–H and O–H groups in total. The molecule has 0 amide bonds. The third-order valence-electron chi connectivity index (χ3n) is 5.01. The summed E-state index contributed by atoms with van der Waals surface area (Å²) in [5.41, 5.74) is 4.46. The van der Waals surface area contributed by atoms with Gasteiger partial charge in [0.25, 0.3) is 0 Å². The zero-order valence-electron chi connectivity index (χ0n) is 18.5. The number of para-hydroxylation sites is 1. The van der Waals surface area contributed by atoms with Gasteiger partial charge in [-0.05, 0) is 29.9 Å². The average Bonchev–Trinajstić information content (AvgIpc) is 3.29. The first-order valence-corrected chi connectivity index (χ1v) is 10.3. The fourth-order valence-electron chi connectivity index (χ4n) is 3.39. The summed E-state index contributed by atoms with van der Waals surface area (Å²) in [5.74, 6) is 0.920. The Morgan fingerprint density at radius 2 is 1.80 bits per heavy atom. The van der Waals surface area contributed by atoms with Gasteiger partial charge >= 0.3 is 5.97 Å². The first-order valence-electron chi connectivity index (χ1n) is 10.3. The van der Waals surface area contributed by atoms with Crippen molar-refractivity contribution in [3.8, 4) is 5.82 Å². The predicted molar refractivity (Wildman–Crippen MR) is 116 cm³/mol. The Hall–Kier alpha value is -3.16. The molecule has 0 bridgehead atoms. The van der Waals surface area contributed by atoms with Crippen molar-refractivity contribution in [2.75, 3.05) is 18.5 Å². The fraction of sp³-hybridized carbons (Fsp3) is 0.455. The molecule has 160 valence electrons. The Morgan fingerprint density at radius 1 is 1.13 bits per heavy atom. The SMILES string of the molecule is Cc1c(C(=O)OCCNc2c(C(C)C)cccc2C(C)C)nnn1-c1ccn(C)n1. The minimum absolute atomic E-state index is 0.200. The molecule has 30 heavy (non-hydrogen) atoms. The lowest BCUT2D eigenvalue weighted by Crippen LogP contribution is -2.17. The Bertz CT molecular complexity index is 992. The molecule has 0 atom stereocenters. The molecule has 0 aliphatic rings. The van der Waals surface area contributed by atoms with Crippen LogP contribution >= 0.6 is 0 Å². The van der Waals surface area contributed by atoms with Crippen molar-refractivity contribution in [2.24, 2.45) is 7.05 Å². The normalized spacial score (nSPS) is 11.3. The fourth-order valence-corrected chi connectivity index (χ4v) is 3.39. The van der Waals surface area contributed by atoms with E-state index in [0.29, 0.717) is 29.9 Å². The number of aromatic nitrogens is 5. The monoisotopic (exact) mass is 410 g/mol. The van der Waals surface area contributed by atoms with E-state index in [1.54, 1.807) is 23.9 Å². The van der Waals surface area contributed by atoms with E-state index in [-0.39, 0.29) is 12.3 Å². The van der Waals surface area contributed by atoms with Gasteiger partial charge in [-0.15, -0.1) is 5.10 Å². The number of esters is 1. The lowest BCUT2D eigenvalue weighted by atomic mass is 9.92. The Kier molecular flexibility index (Phi) is 6.54. The van der Waals surface area contributed by atoms with E-state index >= 15 is 0 Å². The molecule has 0 aliphatic carbocycles. The highest BCUT2D eigenvalue weighted by Crippen LogP contribution is 2.32. The van der Waals surface area contributed by atoms with E-state index in [9.17, 15) is 4.79 Å². The van der Waals surface area contributed by atoms with E-state index in [1.165, 1.54) is 15.8 Å². The van der Waals surface area contributed by atoms with Crippen LogP contribution < -0.4 is 5.32 Å². The lowest BCUT2D eigenvalue weighted by Gasteiger charge is -2.20. The maximum atomic E-state index is 12.5. The number of carbonyl (C=O) groups is 1. The number of ether oxygens (including phenoxy) is 1. The highest BCUT2D eigenvalue weighted by Gasteiger charge is 2.20. The number of benzene rings is 1. The Morgan fingerprint density at radius 3 is 2.37 bits per heavy atom. The van der Waals surface area contributed by atoms with Crippen LogP contribution in [0.15, 0.2) is 30.5 Å². The molecular formula is C22H30N6O2. The summed E-state index contributed by atoms with van der Waals surface area (Å²) >= 11 is 0. The van der Waals surface area contributed by atoms with Gasteiger partial charge in [-0.3, -0.25) is 4.68 Å². The molecule has 3 rings (SSSR count). The summed E-state index contributed by atoms with van der Waals surface area (Å²) in [7, 11) is 1.82. The van der Waals surface area contributed by atoms with Crippen LogP contribution in [0.4, 0.5) is 5.69 Å². The molecule has 0 saturated heterocycles. The van der Waals surface area contributed by atoms with E-state index < -0.39 is 5.97 Å². The van der Waals surface area contributed by atoms with Crippen LogP contribution in [-0.2, 0) is 11.8 Å². The van der Waals surface area contributed by atoms with Gasteiger partial charge in [-0.1, -0.05) is 51.1 Å². The molecule has 8 heteroatoms. The van der Waals surface area contributed by atoms with Gasteiger partial charge in [0.1, 0.15) is 6.61 Å². The largest absolute Gasteiger partial charge is 0.459 e. The molecule has 0 unspecified atom stereocenters. The number of carbonyl (C=O) groups excluding carboxylic acids is 1. The second-order valence-corrected chi connectivity index (χ2v) is 7.97. The lowest BCUT2D eigenvalue weighted by molar-refractivity contribution is 0.0512. The number of anilines is 1. The van der Waals surface area contributed by atoms with E-state index in [0.717, 1.165) is 5.69 Å². The predicted octanol–water partition coefficient (Wildman–Crippen LogP) is 3.82. The van der Waals surface area contributed by atoms with E-state index in [1.807, 2.05) is 7.05 Å². The number of hydrogen-bond acceptors (Lipinski definition) is 6. The molecule has 2 aromatic heterocycles. The van der Waals surface area contributed by atoms with Crippen LogP contribution in [0.5, 0.6) is 0 Å². The van der Waals surface area contributed by atoms with Crippen molar-refractivity contribution in [2.45, 2.75) is 46.5 Å². The van der Waals surface area contributed by atoms with Crippen LogP contribution in [0.3, 0.4) is 0 Å². The molecule has 8 nitrogen and oxygen atoms in total. The van der Waals surface area contributed by atoms with Gasteiger partial charge in [0.2, 0.25) is 0 Å². The quantitative estimate of drug-likeness (QED) is 0.449. The maximum Gasteiger partial charge on any atom is 0.360 e. The molecule has 2 heterocycles. The van der Waals surface area contributed by atoms with Gasteiger partial charge in [-0.2, -0.15) is 9.78 Å². The highest BCUT2D eigenvalue weighted by molar-refractivity contribution is 5.88. The third-order valence-corrected chi connectivity index (χ3v) is 5.01. The number of hydrogen-bond donors (Lipinski definition) is 1. The first kappa shape index (κ1) is 21.5. The van der Waals surface area contributed by atoms with Crippen molar-refractivity contribution in [3.05, 3.63) is 53.0 Å². The van der Waals surface area contributed by atoms with E-state index in [4.69, 9.17) is 4.74 Å². The molecule has 0 radical (unpaired) electrons. The second kappa shape index (κ2) is 9.11. The third kappa shape index (κ3) is 4.53. The van der Waals surface area contributed by atoms with Gasteiger partial charge in [0, 0.05) is 31.5 Å². The van der Waals surface area contributed by atoms with Gasteiger partial charge in [0.15, 0.2) is 11.5 Å². The molecule has 0 aliphatic heterocycles. The summed E-state index contributed by atoms with van der Waals surface area (Å²) < 4.78 is 8.64. The van der Waals surface area contributed by atoms with Crippen LogP contribution in [0.25, 0.3) is 5.82 Å². The highest BCUT2D eigenvalue weighted by atomic mass is 16.5. The smallest absolute Gasteiger partial charge is 0.360 e. The zero-order valence-corrected chi connectivity index (χ0v) is 18.5. The van der Waals surface area contributed by atoms with Gasteiger partial charge in [-0.25, -0.2) is 4.79 Å². The van der Waals surface area contributed by atoms with Crippen LogP contribution in [0, 0.1) is 6.92 Å². The van der Waals surface area contributed by atoms with Crippen LogP contribution in [-0.4, -0.2) is 43.9 Å². The van der Waals surface area contributed by atoms with Crippen molar-refractivity contribution < 1.29 is 9.53 Å². The number of aryl methyl sites for hydroxylation is 1.